The molecule has 33 heavy (non-hydrogen) atoms. The molecule has 0 fully saturated rings. The number of ether oxygens (including phenoxy) is 1. The maximum atomic E-state index is 13.3. The second-order valence-corrected chi connectivity index (χ2v) is 7.24. The summed E-state index contributed by atoms with van der Waals surface area (Å²) in [5.74, 6) is -1.53. The van der Waals surface area contributed by atoms with Crippen LogP contribution in [0.15, 0.2) is 78.9 Å². The van der Waals surface area contributed by atoms with Crippen molar-refractivity contribution in [2.45, 2.75) is 6.42 Å². The molecule has 4 aromatic rings. The van der Waals surface area contributed by atoms with Crippen LogP contribution in [-0.2, 0) is 16.0 Å². The number of hydrogen-bond donors (Lipinski definition) is 1. The van der Waals surface area contributed by atoms with Gasteiger partial charge in [0.25, 0.3) is 5.91 Å². The van der Waals surface area contributed by atoms with Crippen LogP contribution in [-0.4, -0.2) is 23.5 Å². The summed E-state index contributed by atoms with van der Waals surface area (Å²) < 4.78 is 18.6. The smallest absolute Gasteiger partial charge is 0.339 e. The second-order valence-electron chi connectivity index (χ2n) is 7.24. The highest BCUT2D eigenvalue weighted by Crippen LogP contribution is 2.25. The van der Waals surface area contributed by atoms with Gasteiger partial charge in [0.2, 0.25) is 0 Å². The average molecular weight is 439 g/mol. The summed E-state index contributed by atoms with van der Waals surface area (Å²) in [7, 11) is 0. The van der Waals surface area contributed by atoms with Crippen LogP contribution in [0.3, 0.4) is 0 Å². The number of para-hydroxylation sites is 1. The van der Waals surface area contributed by atoms with Crippen molar-refractivity contribution in [1.82, 2.24) is 4.98 Å². The Hall–Kier alpha value is -4.57. The molecule has 0 atom stereocenters. The largest absolute Gasteiger partial charge is 0.452 e. The molecule has 0 radical (unpaired) electrons. The second kappa shape index (κ2) is 9.71. The number of nitriles is 1. The average Bonchev–Trinajstić information content (AvgIpc) is 2.83. The minimum absolute atomic E-state index is 0.258. The van der Waals surface area contributed by atoms with Gasteiger partial charge >= 0.3 is 5.97 Å². The Morgan fingerprint density at radius 2 is 1.73 bits per heavy atom. The number of rotatable bonds is 6. The van der Waals surface area contributed by atoms with Gasteiger partial charge in [0.1, 0.15) is 5.82 Å². The van der Waals surface area contributed by atoms with Crippen LogP contribution < -0.4 is 5.32 Å². The van der Waals surface area contributed by atoms with Gasteiger partial charge in [0, 0.05) is 16.6 Å². The van der Waals surface area contributed by atoms with Crippen molar-refractivity contribution in [3.05, 3.63) is 95.8 Å². The van der Waals surface area contributed by atoms with Crippen LogP contribution in [0.1, 0.15) is 15.9 Å². The van der Waals surface area contributed by atoms with Crippen molar-refractivity contribution in [2.75, 3.05) is 11.9 Å². The molecule has 3 aromatic carbocycles. The van der Waals surface area contributed by atoms with Gasteiger partial charge in [-0.3, -0.25) is 4.79 Å². The van der Waals surface area contributed by atoms with E-state index in [4.69, 9.17) is 10.00 Å². The fraction of sp³-hybridized carbons (Fsp3) is 0.0769. The number of nitrogens with zero attached hydrogens (tertiary/aromatic N) is 2. The van der Waals surface area contributed by atoms with E-state index < -0.39 is 18.5 Å². The number of carbonyl (C=O) groups is 2. The first-order valence-electron chi connectivity index (χ1n) is 10.1. The quantitative estimate of drug-likeness (QED) is 0.431. The lowest BCUT2D eigenvalue weighted by molar-refractivity contribution is -0.119. The van der Waals surface area contributed by atoms with E-state index in [1.165, 1.54) is 12.1 Å². The molecule has 1 aromatic heterocycles. The molecule has 4 rings (SSSR count). The van der Waals surface area contributed by atoms with Crippen molar-refractivity contribution < 1.29 is 18.7 Å². The third-order valence-corrected chi connectivity index (χ3v) is 4.93. The molecule has 162 valence electrons. The number of anilines is 1. The predicted octanol–water partition coefficient (Wildman–Crippen LogP) is 4.90. The van der Waals surface area contributed by atoms with E-state index in [9.17, 15) is 14.0 Å². The summed E-state index contributed by atoms with van der Waals surface area (Å²) in [4.78, 5) is 29.7. The van der Waals surface area contributed by atoms with Crippen molar-refractivity contribution in [3.8, 4) is 17.3 Å². The van der Waals surface area contributed by atoms with Gasteiger partial charge in [0.15, 0.2) is 6.61 Å². The van der Waals surface area contributed by atoms with E-state index >= 15 is 0 Å². The van der Waals surface area contributed by atoms with Gasteiger partial charge in [0.05, 0.1) is 29.3 Å². The molecular formula is C26H18FN3O3. The first-order chi connectivity index (χ1) is 16.0. The van der Waals surface area contributed by atoms with Crippen molar-refractivity contribution in [3.63, 3.8) is 0 Å². The number of halogens is 1. The SMILES string of the molecule is N#CCc1ccc(NC(=O)COC(=O)c2cc(-c3ccc(F)cc3)nc3ccccc23)cc1. The topological polar surface area (TPSA) is 92.1 Å². The van der Waals surface area contributed by atoms with E-state index in [0.29, 0.717) is 27.8 Å². The zero-order chi connectivity index (χ0) is 23.2. The molecule has 0 aliphatic heterocycles. The molecule has 1 N–H and O–H groups in total. The summed E-state index contributed by atoms with van der Waals surface area (Å²) in [6.07, 6.45) is 0.283. The zero-order valence-electron chi connectivity index (χ0n) is 17.4. The maximum Gasteiger partial charge on any atom is 0.339 e. The summed E-state index contributed by atoms with van der Waals surface area (Å²) in [5.41, 5.74) is 3.34. The number of esters is 1. The minimum atomic E-state index is -0.670. The highest BCUT2D eigenvalue weighted by Gasteiger charge is 2.17. The van der Waals surface area contributed by atoms with Gasteiger partial charge in [-0.15, -0.1) is 0 Å². The van der Waals surface area contributed by atoms with Crippen molar-refractivity contribution in [1.29, 1.82) is 5.26 Å². The van der Waals surface area contributed by atoms with Crippen LogP contribution in [0.2, 0.25) is 0 Å². The summed E-state index contributed by atoms with van der Waals surface area (Å²) in [5, 5.41) is 12.0. The summed E-state index contributed by atoms with van der Waals surface area (Å²) in [6.45, 7) is -0.471. The number of nitrogens with one attached hydrogen (secondary N) is 1. The van der Waals surface area contributed by atoms with Gasteiger partial charge in [-0.05, 0) is 54.1 Å². The molecule has 0 aliphatic rings. The van der Waals surface area contributed by atoms with Crippen LogP contribution >= 0.6 is 0 Å². The zero-order valence-corrected chi connectivity index (χ0v) is 17.4. The number of fused-ring (bicyclic) bond motifs is 1. The van der Waals surface area contributed by atoms with Crippen LogP contribution in [0.5, 0.6) is 0 Å². The number of benzene rings is 3. The Morgan fingerprint density at radius 1 is 1.00 bits per heavy atom. The minimum Gasteiger partial charge on any atom is -0.452 e. The fourth-order valence-corrected chi connectivity index (χ4v) is 3.32. The first kappa shape index (κ1) is 21.7. The third-order valence-electron chi connectivity index (χ3n) is 4.93. The number of pyridine rings is 1. The molecule has 1 amide bonds. The summed E-state index contributed by atoms with van der Waals surface area (Å²) >= 11 is 0. The normalized spacial score (nSPS) is 10.4. The Bertz CT molecular complexity index is 1360. The van der Waals surface area contributed by atoms with E-state index in [2.05, 4.69) is 16.4 Å². The number of hydrogen-bond acceptors (Lipinski definition) is 5. The first-order valence-corrected chi connectivity index (χ1v) is 10.1. The lowest BCUT2D eigenvalue weighted by Gasteiger charge is -2.11. The van der Waals surface area contributed by atoms with Crippen LogP contribution in [0.25, 0.3) is 22.2 Å². The molecule has 0 spiro atoms. The Labute approximate surface area is 189 Å². The third kappa shape index (κ3) is 5.20. The molecule has 0 aliphatic carbocycles. The predicted molar refractivity (Wildman–Crippen MR) is 122 cm³/mol. The number of amides is 1. The van der Waals surface area contributed by atoms with E-state index in [1.54, 1.807) is 66.7 Å². The molecule has 0 saturated carbocycles. The Kier molecular flexibility index (Phi) is 6.37. The van der Waals surface area contributed by atoms with Crippen molar-refractivity contribution >= 4 is 28.5 Å². The highest BCUT2D eigenvalue weighted by atomic mass is 19.1. The molecule has 0 saturated heterocycles. The molecular weight excluding hydrogens is 421 g/mol. The van der Waals surface area contributed by atoms with Gasteiger partial charge < -0.3 is 10.1 Å². The van der Waals surface area contributed by atoms with E-state index in [0.717, 1.165) is 5.56 Å². The maximum absolute atomic E-state index is 13.3. The van der Waals surface area contributed by atoms with Crippen LogP contribution in [0.4, 0.5) is 10.1 Å². The molecule has 7 heteroatoms. The van der Waals surface area contributed by atoms with E-state index in [-0.39, 0.29) is 17.8 Å². The van der Waals surface area contributed by atoms with Crippen LogP contribution in [0, 0.1) is 17.1 Å². The Morgan fingerprint density at radius 3 is 2.45 bits per heavy atom. The number of aromatic nitrogens is 1. The highest BCUT2D eigenvalue weighted by molar-refractivity contribution is 6.05. The van der Waals surface area contributed by atoms with Crippen molar-refractivity contribution in [2.24, 2.45) is 0 Å². The molecule has 0 unspecified atom stereocenters. The van der Waals surface area contributed by atoms with E-state index in [1.807, 2.05) is 0 Å². The van der Waals surface area contributed by atoms with Gasteiger partial charge in [-0.25, -0.2) is 14.2 Å². The monoisotopic (exact) mass is 439 g/mol. The fourth-order valence-electron chi connectivity index (χ4n) is 3.32. The van der Waals surface area contributed by atoms with Gasteiger partial charge in [-0.1, -0.05) is 30.3 Å². The summed E-state index contributed by atoms with van der Waals surface area (Å²) in [6, 6.07) is 23.4. The number of carbonyl (C=O) groups excluding carboxylic acids is 2. The molecule has 1 heterocycles. The van der Waals surface area contributed by atoms with Gasteiger partial charge in [-0.2, -0.15) is 5.26 Å². The molecule has 0 bridgehead atoms. The standard InChI is InChI=1S/C26H18FN3O3/c27-19-9-7-18(8-10-19)24-15-22(21-3-1-2-4-23(21)30-24)26(32)33-16-25(31)29-20-11-5-17(6-12-20)13-14-28/h1-12,15H,13,16H2,(H,29,31). The Balaban J connectivity index is 1.50. The molecule has 6 nitrogen and oxygen atoms in total. The lowest BCUT2D eigenvalue weighted by Crippen LogP contribution is -2.21. The lowest BCUT2D eigenvalue weighted by atomic mass is 10.0.